The van der Waals surface area contributed by atoms with Crippen LogP contribution in [0.3, 0.4) is 0 Å². The zero-order valence-corrected chi connectivity index (χ0v) is 12.0. The first kappa shape index (κ1) is 13.3. The summed E-state index contributed by atoms with van der Waals surface area (Å²) in [7, 11) is 0. The van der Waals surface area contributed by atoms with E-state index >= 15 is 0 Å². The van der Waals surface area contributed by atoms with E-state index in [4.69, 9.17) is 17.3 Å². The highest BCUT2D eigenvalue weighted by atomic mass is 35.5. The Hall–Kier alpha value is -1.74. The Morgan fingerprint density at radius 1 is 1.35 bits per heavy atom. The molecule has 0 bridgehead atoms. The molecule has 1 heterocycles. The van der Waals surface area contributed by atoms with Gasteiger partial charge < -0.3 is 10.6 Å². The van der Waals surface area contributed by atoms with E-state index in [1.165, 1.54) is 5.56 Å². The molecule has 0 fully saturated rings. The summed E-state index contributed by atoms with van der Waals surface area (Å²) in [6, 6.07) is 9.23. The zero-order chi connectivity index (χ0) is 14.3. The number of fused-ring (bicyclic) bond motifs is 1. The number of halogens is 2. The van der Waals surface area contributed by atoms with Crippen molar-refractivity contribution in [3.05, 3.63) is 57.9 Å². The molecule has 104 valence electrons. The molecule has 2 nitrogen and oxygen atoms in total. The minimum Gasteiger partial charge on any atom is -0.398 e. The van der Waals surface area contributed by atoms with Gasteiger partial charge in [0.15, 0.2) is 0 Å². The fraction of sp³-hybridized carbons (Fsp3) is 0.250. The molecule has 0 saturated carbocycles. The van der Waals surface area contributed by atoms with E-state index in [-0.39, 0.29) is 10.8 Å². The lowest BCUT2D eigenvalue weighted by molar-refractivity contribution is 0.606. The first-order valence-electron chi connectivity index (χ1n) is 6.63. The first-order chi connectivity index (χ1) is 9.56. The van der Waals surface area contributed by atoms with Crippen molar-refractivity contribution in [2.75, 3.05) is 17.2 Å². The Bertz CT molecular complexity index is 670. The lowest BCUT2D eigenvalue weighted by Gasteiger charge is -2.20. The molecule has 1 aliphatic rings. The highest BCUT2D eigenvalue weighted by molar-refractivity contribution is 6.30. The fourth-order valence-corrected chi connectivity index (χ4v) is 2.88. The van der Waals surface area contributed by atoms with E-state index in [1.54, 1.807) is 18.2 Å². The SMILES string of the molecule is Cc1cc2c(cc1N)N(Cc1cccc(Cl)c1F)CC2. The zero-order valence-electron chi connectivity index (χ0n) is 11.3. The van der Waals surface area contributed by atoms with Crippen LogP contribution < -0.4 is 10.6 Å². The van der Waals surface area contributed by atoms with Gasteiger partial charge in [0.25, 0.3) is 0 Å². The van der Waals surface area contributed by atoms with Crippen molar-refractivity contribution >= 4 is 23.0 Å². The number of hydrogen-bond acceptors (Lipinski definition) is 2. The average molecular weight is 291 g/mol. The summed E-state index contributed by atoms with van der Waals surface area (Å²) in [6.07, 6.45) is 0.971. The summed E-state index contributed by atoms with van der Waals surface area (Å²) in [5.41, 5.74) is 10.9. The minimum atomic E-state index is -0.331. The van der Waals surface area contributed by atoms with Crippen molar-refractivity contribution in [2.45, 2.75) is 19.9 Å². The number of anilines is 2. The van der Waals surface area contributed by atoms with Gasteiger partial charge in [-0.2, -0.15) is 0 Å². The number of aryl methyl sites for hydroxylation is 1. The third-order valence-corrected chi connectivity index (χ3v) is 4.14. The molecule has 0 aromatic heterocycles. The number of nitrogens with zero attached hydrogens (tertiary/aromatic N) is 1. The Morgan fingerprint density at radius 3 is 2.95 bits per heavy atom. The lowest BCUT2D eigenvalue weighted by Crippen LogP contribution is -2.20. The van der Waals surface area contributed by atoms with Gasteiger partial charge in [-0.15, -0.1) is 0 Å². The minimum absolute atomic E-state index is 0.172. The van der Waals surface area contributed by atoms with Crippen molar-refractivity contribution < 1.29 is 4.39 Å². The molecule has 0 amide bonds. The van der Waals surface area contributed by atoms with Crippen molar-refractivity contribution in [3.63, 3.8) is 0 Å². The molecule has 2 aromatic rings. The van der Waals surface area contributed by atoms with Crippen LogP contribution in [-0.4, -0.2) is 6.54 Å². The third-order valence-electron chi connectivity index (χ3n) is 3.85. The number of rotatable bonds is 2. The predicted molar refractivity (Wildman–Crippen MR) is 81.8 cm³/mol. The maximum Gasteiger partial charge on any atom is 0.146 e. The van der Waals surface area contributed by atoms with Crippen LogP contribution in [0.15, 0.2) is 30.3 Å². The van der Waals surface area contributed by atoms with Gasteiger partial charge in [0.05, 0.1) is 5.02 Å². The van der Waals surface area contributed by atoms with E-state index < -0.39 is 0 Å². The molecule has 4 heteroatoms. The van der Waals surface area contributed by atoms with Gasteiger partial charge in [0.1, 0.15) is 5.82 Å². The Labute approximate surface area is 123 Å². The maximum absolute atomic E-state index is 14.0. The second-order valence-corrected chi connectivity index (χ2v) is 5.63. The fourth-order valence-electron chi connectivity index (χ4n) is 2.68. The molecule has 0 unspecified atom stereocenters. The molecule has 1 aliphatic heterocycles. The van der Waals surface area contributed by atoms with Crippen LogP contribution in [-0.2, 0) is 13.0 Å². The molecular formula is C16H16ClFN2. The summed E-state index contributed by atoms with van der Waals surface area (Å²) in [5.74, 6) is -0.331. The van der Waals surface area contributed by atoms with Crippen LogP contribution in [0.25, 0.3) is 0 Å². The molecule has 0 spiro atoms. The highest BCUT2D eigenvalue weighted by Gasteiger charge is 2.21. The van der Waals surface area contributed by atoms with Crippen LogP contribution in [0.1, 0.15) is 16.7 Å². The van der Waals surface area contributed by atoms with E-state index in [9.17, 15) is 4.39 Å². The molecule has 0 atom stereocenters. The molecule has 0 radical (unpaired) electrons. The standard InChI is InChI=1S/C16H16ClFN2/c1-10-7-11-5-6-20(15(11)8-14(10)19)9-12-3-2-4-13(17)16(12)18/h2-4,7-8H,5-6,9,19H2,1H3. The van der Waals surface area contributed by atoms with Crippen molar-refractivity contribution in [1.29, 1.82) is 0 Å². The summed E-state index contributed by atoms with van der Waals surface area (Å²) < 4.78 is 14.0. The van der Waals surface area contributed by atoms with Crippen LogP contribution in [0, 0.1) is 12.7 Å². The van der Waals surface area contributed by atoms with Crippen LogP contribution >= 0.6 is 11.6 Å². The van der Waals surface area contributed by atoms with Crippen LogP contribution in [0.5, 0.6) is 0 Å². The smallest absolute Gasteiger partial charge is 0.146 e. The van der Waals surface area contributed by atoms with Crippen molar-refractivity contribution in [3.8, 4) is 0 Å². The van der Waals surface area contributed by atoms with E-state index in [0.29, 0.717) is 12.1 Å². The second-order valence-electron chi connectivity index (χ2n) is 5.22. The largest absolute Gasteiger partial charge is 0.398 e. The van der Waals surface area contributed by atoms with Gasteiger partial charge in [-0.1, -0.05) is 29.8 Å². The lowest BCUT2D eigenvalue weighted by atomic mass is 10.1. The quantitative estimate of drug-likeness (QED) is 0.849. The first-order valence-corrected chi connectivity index (χ1v) is 7.01. The molecule has 3 rings (SSSR count). The topological polar surface area (TPSA) is 29.3 Å². The molecule has 2 aromatic carbocycles. The monoisotopic (exact) mass is 290 g/mol. The molecule has 20 heavy (non-hydrogen) atoms. The van der Waals surface area contributed by atoms with Gasteiger partial charge >= 0.3 is 0 Å². The van der Waals surface area contributed by atoms with Gasteiger partial charge in [0.2, 0.25) is 0 Å². The summed E-state index contributed by atoms with van der Waals surface area (Å²) >= 11 is 5.83. The highest BCUT2D eigenvalue weighted by Crippen LogP contribution is 2.33. The van der Waals surface area contributed by atoms with E-state index in [0.717, 1.165) is 29.9 Å². The molecule has 0 saturated heterocycles. The number of nitrogen functional groups attached to an aromatic ring is 1. The normalized spacial score (nSPS) is 13.7. The van der Waals surface area contributed by atoms with Gasteiger partial charge in [-0.25, -0.2) is 4.39 Å². The van der Waals surface area contributed by atoms with E-state index in [1.807, 2.05) is 13.0 Å². The predicted octanol–water partition coefficient (Wildman–Crippen LogP) is 3.93. The molecule has 0 aliphatic carbocycles. The average Bonchev–Trinajstić information content (AvgIpc) is 2.78. The maximum atomic E-state index is 14.0. The van der Waals surface area contributed by atoms with Crippen LogP contribution in [0.4, 0.5) is 15.8 Å². The Morgan fingerprint density at radius 2 is 2.15 bits per heavy atom. The number of benzene rings is 2. The third kappa shape index (κ3) is 2.22. The summed E-state index contributed by atoms with van der Waals surface area (Å²) in [6.45, 7) is 3.40. The van der Waals surface area contributed by atoms with Crippen molar-refractivity contribution in [1.82, 2.24) is 0 Å². The second kappa shape index (κ2) is 4.98. The van der Waals surface area contributed by atoms with Gasteiger partial charge in [0, 0.05) is 30.0 Å². The molecular weight excluding hydrogens is 275 g/mol. The van der Waals surface area contributed by atoms with Crippen molar-refractivity contribution in [2.24, 2.45) is 0 Å². The number of hydrogen-bond donors (Lipinski definition) is 1. The summed E-state index contributed by atoms with van der Waals surface area (Å²) in [5, 5.41) is 0.172. The Balaban J connectivity index is 1.92. The van der Waals surface area contributed by atoms with Crippen LogP contribution in [0.2, 0.25) is 5.02 Å². The number of nitrogens with two attached hydrogens (primary N) is 1. The Kier molecular flexibility index (Phi) is 3.30. The summed E-state index contributed by atoms with van der Waals surface area (Å²) in [4.78, 5) is 2.15. The van der Waals surface area contributed by atoms with Gasteiger partial charge in [-0.05, 0) is 36.6 Å². The van der Waals surface area contributed by atoms with Gasteiger partial charge in [-0.3, -0.25) is 0 Å². The molecule has 2 N–H and O–H groups in total. The van der Waals surface area contributed by atoms with E-state index in [2.05, 4.69) is 11.0 Å².